The molecule has 29 heavy (non-hydrogen) atoms. The Bertz CT molecular complexity index is 974. The first-order valence-electron chi connectivity index (χ1n) is 9.65. The summed E-state index contributed by atoms with van der Waals surface area (Å²) in [6.45, 7) is 3.37. The van der Waals surface area contributed by atoms with E-state index in [1.807, 2.05) is 13.0 Å². The fourth-order valence-electron chi connectivity index (χ4n) is 3.42. The van der Waals surface area contributed by atoms with Gasteiger partial charge in [0.15, 0.2) is 6.10 Å². The maximum Gasteiger partial charge on any atom is 0.342 e. The van der Waals surface area contributed by atoms with Gasteiger partial charge in [-0.15, -0.1) is 11.3 Å². The minimum Gasteiger partial charge on any atom is -0.496 e. The number of aryl methyl sites for hydroxylation is 2. The first-order chi connectivity index (χ1) is 13.9. The highest BCUT2D eigenvalue weighted by Crippen LogP contribution is 2.37. The maximum absolute atomic E-state index is 12.6. The molecule has 0 spiro atoms. The van der Waals surface area contributed by atoms with Gasteiger partial charge in [0, 0.05) is 4.88 Å². The van der Waals surface area contributed by atoms with Crippen LogP contribution in [0.1, 0.15) is 58.1 Å². The number of nitrogens with zero attached hydrogens (tertiary/aromatic N) is 1. The minimum atomic E-state index is -1.01. The van der Waals surface area contributed by atoms with Crippen molar-refractivity contribution in [3.63, 3.8) is 0 Å². The van der Waals surface area contributed by atoms with Crippen LogP contribution in [-0.4, -0.2) is 25.1 Å². The predicted octanol–water partition coefficient (Wildman–Crippen LogP) is 4.39. The summed E-state index contributed by atoms with van der Waals surface area (Å²) in [6, 6.07) is 7.42. The Morgan fingerprint density at radius 1 is 1.24 bits per heavy atom. The van der Waals surface area contributed by atoms with Crippen molar-refractivity contribution in [3.05, 3.63) is 45.3 Å². The number of amides is 1. The van der Waals surface area contributed by atoms with E-state index in [9.17, 15) is 14.9 Å². The summed E-state index contributed by atoms with van der Waals surface area (Å²) in [5, 5.41) is 12.9. The van der Waals surface area contributed by atoms with E-state index in [1.165, 1.54) is 30.2 Å². The average Bonchev–Trinajstić information content (AvgIpc) is 2.86. The molecular formula is C22H24N2O4S. The Morgan fingerprint density at radius 3 is 2.72 bits per heavy atom. The molecule has 0 radical (unpaired) electrons. The van der Waals surface area contributed by atoms with Crippen LogP contribution in [0.5, 0.6) is 5.75 Å². The van der Waals surface area contributed by atoms with Crippen LogP contribution in [-0.2, 0) is 22.4 Å². The van der Waals surface area contributed by atoms with Crippen molar-refractivity contribution >= 4 is 28.2 Å². The molecule has 6 nitrogen and oxygen atoms in total. The largest absolute Gasteiger partial charge is 0.496 e. The smallest absolute Gasteiger partial charge is 0.342 e. The monoisotopic (exact) mass is 412 g/mol. The molecule has 1 aliphatic rings. The fraction of sp³-hybridized carbons (Fsp3) is 0.409. The van der Waals surface area contributed by atoms with E-state index < -0.39 is 18.0 Å². The zero-order chi connectivity index (χ0) is 21.0. The SMILES string of the molecule is COc1ccc(C)cc1C(=O)O[C@H](C)C(=O)Nc1sc2c(c1C#N)CCCCC2. The summed E-state index contributed by atoms with van der Waals surface area (Å²) in [7, 11) is 1.47. The van der Waals surface area contributed by atoms with E-state index in [2.05, 4.69) is 11.4 Å². The van der Waals surface area contributed by atoms with Crippen LogP contribution >= 0.6 is 11.3 Å². The third-order valence-corrected chi connectivity index (χ3v) is 6.21. The molecule has 1 atom stereocenters. The van der Waals surface area contributed by atoms with Crippen LogP contribution in [0.3, 0.4) is 0 Å². The summed E-state index contributed by atoms with van der Waals surface area (Å²) in [5.41, 5.74) is 2.75. The van der Waals surface area contributed by atoms with Crippen molar-refractivity contribution < 1.29 is 19.1 Å². The molecule has 0 saturated carbocycles. The normalized spacial score (nSPS) is 14.1. The Kier molecular flexibility index (Phi) is 6.55. The van der Waals surface area contributed by atoms with Gasteiger partial charge >= 0.3 is 5.97 Å². The molecule has 0 aliphatic heterocycles. The number of hydrogen-bond acceptors (Lipinski definition) is 6. The lowest BCUT2D eigenvalue weighted by molar-refractivity contribution is -0.123. The van der Waals surface area contributed by atoms with Crippen LogP contribution in [0.4, 0.5) is 5.00 Å². The second-order valence-electron chi connectivity index (χ2n) is 7.12. The van der Waals surface area contributed by atoms with Gasteiger partial charge in [-0.3, -0.25) is 4.79 Å². The van der Waals surface area contributed by atoms with E-state index in [0.717, 1.165) is 43.2 Å². The van der Waals surface area contributed by atoms with Gasteiger partial charge in [0.2, 0.25) is 0 Å². The first-order valence-corrected chi connectivity index (χ1v) is 10.5. The van der Waals surface area contributed by atoms with Gasteiger partial charge in [-0.05, 0) is 57.2 Å². The zero-order valence-electron chi connectivity index (χ0n) is 16.8. The molecule has 0 saturated heterocycles. The third-order valence-electron chi connectivity index (χ3n) is 5.00. The Balaban J connectivity index is 1.73. The van der Waals surface area contributed by atoms with E-state index >= 15 is 0 Å². The van der Waals surface area contributed by atoms with Gasteiger partial charge in [-0.2, -0.15) is 5.26 Å². The van der Waals surface area contributed by atoms with Crippen molar-refractivity contribution in [3.8, 4) is 11.8 Å². The van der Waals surface area contributed by atoms with Crippen LogP contribution in [0.2, 0.25) is 0 Å². The van der Waals surface area contributed by atoms with Crippen molar-refractivity contribution in [2.75, 3.05) is 12.4 Å². The van der Waals surface area contributed by atoms with Crippen LogP contribution in [0.25, 0.3) is 0 Å². The number of benzene rings is 1. The van der Waals surface area contributed by atoms with Gasteiger partial charge in [-0.25, -0.2) is 4.79 Å². The maximum atomic E-state index is 12.6. The van der Waals surface area contributed by atoms with E-state index in [0.29, 0.717) is 16.3 Å². The molecule has 0 bridgehead atoms. The number of ether oxygens (including phenoxy) is 2. The average molecular weight is 413 g/mol. The minimum absolute atomic E-state index is 0.271. The highest BCUT2D eigenvalue weighted by molar-refractivity contribution is 7.16. The summed E-state index contributed by atoms with van der Waals surface area (Å²) in [5.74, 6) is -0.699. The van der Waals surface area contributed by atoms with E-state index in [1.54, 1.807) is 12.1 Å². The highest BCUT2D eigenvalue weighted by Gasteiger charge is 2.25. The quantitative estimate of drug-likeness (QED) is 0.581. The molecule has 152 valence electrons. The molecule has 1 amide bonds. The number of carbonyl (C=O) groups excluding carboxylic acids is 2. The number of fused-ring (bicyclic) bond motifs is 1. The first kappa shape index (κ1) is 20.9. The zero-order valence-corrected chi connectivity index (χ0v) is 17.6. The summed E-state index contributed by atoms with van der Waals surface area (Å²) in [6.07, 6.45) is 4.09. The molecule has 1 aliphatic carbocycles. The van der Waals surface area contributed by atoms with Gasteiger partial charge in [0.05, 0.1) is 12.7 Å². The van der Waals surface area contributed by atoms with Crippen molar-refractivity contribution in [2.24, 2.45) is 0 Å². The van der Waals surface area contributed by atoms with Crippen molar-refractivity contribution in [2.45, 2.75) is 52.1 Å². The molecule has 3 rings (SSSR count). The van der Waals surface area contributed by atoms with E-state index in [4.69, 9.17) is 9.47 Å². The third kappa shape index (κ3) is 4.60. The number of carbonyl (C=O) groups is 2. The number of nitrogens with one attached hydrogen (secondary N) is 1. The topological polar surface area (TPSA) is 88.4 Å². The lowest BCUT2D eigenvalue weighted by Gasteiger charge is -2.15. The Hall–Kier alpha value is -2.85. The van der Waals surface area contributed by atoms with E-state index in [-0.39, 0.29) is 5.56 Å². The number of anilines is 1. The number of hydrogen-bond donors (Lipinski definition) is 1. The molecular weight excluding hydrogens is 388 g/mol. The molecule has 1 heterocycles. The van der Waals surface area contributed by atoms with Gasteiger partial charge in [0.25, 0.3) is 5.91 Å². The number of thiophene rings is 1. The number of rotatable bonds is 5. The van der Waals surface area contributed by atoms with Gasteiger partial charge in [-0.1, -0.05) is 18.1 Å². The standard InChI is InChI=1S/C22H24N2O4S/c1-13-9-10-18(27-3)16(11-13)22(26)28-14(2)20(25)24-21-17(12-23)15-7-5-4-6-8-19(15)29-21/h9-11,14H,4-8H2,1-3H3,(H,24,25)/t14-/m1/s1. The van der Waals surface area contributed by atoms with Crippen LogP contribution in [0.15, 0.2) is 18.2 Å². The summed E-state index contributed by atoms with van der Waals surface area (Å²) in [4.78, 5) is 26.3. The van der Waals surface area contributed by atoms with Crippen molar-refractivity contribution in [1.29, 1.82) is 5.26 Å². The molecule has 1 aromatic carbocycles. The number of nitriles is 1. The highest BCUT2D eigenvalue weighted by atomic mass is 32.1. The lowest BCUT2D eigenvalue weighted by atomic mass is 10.1. The number of methoxy groups -OCH3 is 1. The molecule has 0 unspecified atom stereocenters. The lowest BCUT2D eigenvalue weighted by Crippen LogP contribution is -2.30. The predicted molar refractivity (Wildman–Crippen MR) is 112 cm³/mol. The summed E-state index contributed by atoms with van der Waals surface area (Å²) >= 11 is 1.45. The molecule has 7 heteroatoms. The fourth-order valence-corrected chi connectivity index (χ4v) is 4.66. The second-order valence-corrected chi connectivity index (χ2v) is 8.23. The van der Waals surface area contributed by atoms with Crippen LogP contribution in [0, 0.1) is 18.3 Å². The van der Waals surface area contributed by atoms with Crippen LogP contribution < -0.4 is 10.1 Å². The second kappa shape index (κ2) is 9.10. The van der Waals surface area contributed by atoms with Crippen molar-refractivity contribution in [1.82, 2.24) is 0 Å². The molecule has 2 aromatic rings. The summed E-state index contributed by atoms with van der Waals surface area (Å²) < 4.78 is 10.6. The molecule has 1 N–H and O–H groups in total. The molecule has 1 aromatic heterocycles. The number of esters is 1. The molecule has 0 fully saturated rings. The van der Waals surface area contributed by atoms with Gasteiger partial charge in [0.1, 0.15) is 22.4 Å². The Labute approximate surface area is 174 Å². The Morgan fingerprint density at radius 2 is 2.00 bits per heavy atom. The van der Waals surface area contributed by atoms with Gasteiger partial charge < -0.3 is 14.8 Å².